The number of aliphatic carboxylic acids is 1. The minimum absolute atomic E-state index is 0.00667. The number of alkyl halides is 3. The number of ether oxygens (including phenoxy) is 1. The normalized spacial score (nSPS) is 14.4. The van der Waals surface area contributed by atoms with Gasteiger partial charge in [0, 0.05) is 19.3 Å². The first-order valence-electron chi connectivity index (χ1n) is 10.1. The molecule has 0 unspecified atom stereocenters. The number of methoxy groups -OCH3 is 1. The predicted octanol–water partition coefficient (Wildman–Crippen LogP) is 3.22. The molecule has 1 amide bonds. The third-order valence-electron chi connectivity index (χ3n) is 5.09. The van der Waals surface area contributed by atoms with Crippen LogP contribution in [0.2, 0.25) is 0 Å². The number of benzene rings is 2. The van der Waals surface area contributed by atoms with E-state index >= 15 is 0 Å². The van der Waals surface area contributed by atoms with Crippen molar-refractivity contribution in [3.8, 4) is 0 Å². The van der Waals surface area contributed by atoms with Crippen LogP contribution in [-0.4, -0.2) is 51.8 Å². The first-order chi connectivity index (χ1) is 15.8. The number of rotatable bonds is 8. The Labute approximate surface area is 195 Å². The summed E-state index contributed by atoms with van der Waals surface area (Å²) < 4.78 is 64.5. The molecule has 3 rings (SSSR count). The molecule has 0 spiro atoms. The number of anilines is 1. The smallest absolute Gasteiger partial charge is 0.475 e. The van der Waals surface area contributed by atoms with E-state index in [1.807, 2.05) is 12.1 Å². The van der Waals surface area contributed by atoms with Crippen molar-refractivity contribution < 1.29 is 41.0 Å². The van der Waals surface area contributed by atoms with Gasteiger partial charge in [0.05, 0.1) is 16.9 Å². The van der Waals surface area contributed by atoms with Gasteiger partial charge < -0.3 is 15.2 Å². The number of carboxylic acids is 1. The molecule has 0 aliphatic heterocycles. The second-order valence-corrected chi connectivity index (χ2v) is 9.23. The molecular weight excluding hydrogens is 477 g/mol. The Morgan fingerprint density at radius 3 is 2.12 bits per heavy atom. The van der Waals surface area contributed by atoms with Crippen LogP contribution in [0.1, 0.15) is 24.0 Å². The number of amides is 1. The zero-order valence-corrected chi connectivity index (χ0v) is 19.3. The molecule has 0 aromatic heterocycles. The van der Waals surface area contributed by atoms with Gasteiger partial charge in [-0.1, -0.05) is 30.3 Å². The van der Waals surface area contributed by atoms with E-state index in [0.29, 0.717) is 24.4 Å². The van der Waals surface area contributed by atoms with Gasteiger partial charge in [0.2, 0.25) is 5.91 Å². The number of carbonyl (C=O) groups excluding carboxylic acids is 1. The van der Waals surface area contributed by atoms with E-state index in [1.165, 1.54) is 0 Å². The summed E-state index contributed by atoms with van der Waals surface area (Å²) in [7, 11) is -2.06. The van der Waals surface area contributed by atoms with E-state index in [0.717, 1.165) is 18.4 Å². The van der Waals surface area contributed by atoms with E-state index in [-0.39, 0.29) is 10.8 Å². The summed E-state index contributed by atoms with van der Waals surface area (Å²) in [4.78, 5) is 21.6. The summed E-state index contributed by atoms with van der Waals surface area (Å²) >= 11 is 0. The van der Waals surface area contributed by atoms with Gasteiger partial charge in [-0.25, -0.2) is 13.2 Å². The molecule has 2 aromatic carbocycles. The van der Waals surface area contributed by atoms with Crippen LogP contribution in [0.3, 0.4) is 0 Å². The molecule has 0 heterocycles. The van der Waals surface area contributed by atoms with Crippen molar-refractivity contribution >= 4 is 27.6 Å². The van der Waals surface area contributed by atoms with Gasteiger partial charge in [-0.3, -0.25) is 9.52 Å². The lowest BCUT2D eigenvalue weighted by Crippen LogP contribution is -2.36. The summed E-state index contributed by atoms with van der Waals surface area (Å²) in [5.74, 6) is -2.76. The van der Waals surface area contributed by atoms with Gasteiger partial charge in [0.1, 0.15) is 0 Å². The van der Waals surface area contributed by atoms with Crippen molar-refractivity contribution in [1.82, 2.24) is 5.32 Å². The second kappa shape index (κ2) is 10.9. The fraction of sp³-hybridized carbons (Fsp3) is 0.364. The van der Waals surface area contributed by atoms with E-state index in [2.05, 4.69) is 10.0 Å². The van der Waals surface area contributed by atoms with Gasteiger partial charge in [0.15, 0.2) is 0 Å². The number of carboxylic acid groups (broad SMARTS) is 1. The lowest BCUT2D eigenvalue weighted by Gasteiger charge is -2.16. The second-order valence-electron chi connectivity index (χ2n) is 7.58. The van der Waals surface area contributed by atoms with Crippen molar-refractivity contribution in [3.63, 3.8) is 0 Å². The van der Waals surface area contributed by atoms with Crippen molar-refractivity contribution in [3.05, 3.63) is 59.7 Å². The lowest BCUT2D eigenvalue weighted by molar-refractivity contribution is -0.192. The number of hydrogen-bond donors (Lipinski definition) is 3. The number of carbonyl (C=O) groups is 2. The van der Waals surface area contributed by atoms with E-state index in [1.54, 1.807) is 50.4 Å². The monoisotopic (exact) mass is 502 g/mol. The van der Waals surface area contributed by atoms with Crippen LogP contribution in [-0.2, 0) is 29.8 Å². The quantitative estimate of drug-likeness (QED) is 0.477. The Bertz CT molecular complexity index is 1110. The highest BCUT2D eigenvalue weighted by atomic mass is 32.2. The first kappa shape index (κ1) is 27.1. The van der Waals surface area contributed by atoms with Crippen LogP contribution in [0.4, 0.5) is 18.9 Å². The molecular formula is C22H25F3N2O6S. The molecule has 2 aromatic rings. The highest BCUT2D eigenvalue weighted by molar-refractivity contribution is 7.92. The zero-order chi connectivity index (χ0) is 25.6. The van der Waals surface area contributed by atoms with E-state index < -0.39 is 27.6 Å². The average molecular weight is 503 g/mol. The molecule has 34 heavy (non-hydrogen) atoms. The van der Waals surface area contributed by atoms with Gasteiger partial charge >= 0.3 is 12.1 Å². The van der Waals surface area contributed by atoms with Gasteiger partial charge in [0.25, 0.3) is 10.0 Å². The number of aryl methyl sites for hydroxylation is 1. The zero-order valence-electron chi connectivity index (χ0n) is 18.5. The molecule has 3 N–H and O–H groups in total. The molecule has 0 radical (unpaired) electrons. The fourth-order valence-corrected chi connectivity index (χ4v) is 4.44. The molecule has 12 heteroatoms. The third kappa shape index (κ3) is 6.94. The topological polar surface area (TPSA) is 122 Å². The molecule has 1 aliphatic rings. The first-order valence-corrected chi connectivity index (χ1v) is 11.6. The summed E-state index contributed by atoms with van der Waals surface area (Å²) in [6.45, 7) is 2.71. The van der Waals surface area contributed by atoms with Crippen molar-refractivity contribution in [1.29, 1.82) is 0 Å². The Morgan fingerprint density at radius 2 is 1.65 bits per heavy atom. The number of halogens is 3. The van der Waals surface area contributed by atoms with Crippen LogP contribution in [0, 0.1) is 6.92 Å². The highest BCUT2D eigenvalue weighted by Gasteiger charge is 2.51. The van der Waals surface area contributed by atoms with Gasteiger partial charge in [-0.15, -0.1) is 0 Å². The molecule has 0 atom stereocenters. The van der Waals surface area contributed by atoms with Crippen LogP contribution in [0.5, 0.6) is 0 Å². The van der Waals surface area contributed by atoms with Crippen LogP contribution >= 0.6 is 0 Å². The average Bonchev–Trinajstić information content (AvgIpc) is 3.56. The molecule has 0 bridgehead atoms. The fourth-order valence-electron chi connectivity index (χ4n) is 3.13. The largest absolute Gasteiger partial charge is 0.490 e. The number of hydrogen-bond acceptors (Lipinski definition) is 5. The van der Waals surface area contributed by atoms with Crippen molar-refractivity contribution in [2.75, 3.05) is 25.0 Å². The summed E-state index contributed by atoms with van der Waals surface area (Å²) in [6, 6.07) is 13.9. The molecule has 0 saturated heterocycles. The standard InChI is InChI=1S/C20H24N2O4S.C2HF3O2/c1-15-5-3-4-6-18(15)27(24,25)22-17-9-7-16(8-10-17)20(11-12-20)19(23)21-13-14-26-2;3-2(4,5)1(6)7/h3-10,22H,11-14H2,1-2H3,(H,21,23);(H,6,7). The summed E-state index contributed by atoms with van der Waals surface area (Å²) in [5, 5.41) is 10.0. The molecule has 1 saturated carbocycles. The lowest BCUT2D eigenvalue weighted by atomic mass is 9.95. The molecule has 186 valence electrons. The summed E-state index contributed by atoms with van der Waals surface area (Å²) in [6.07, 6.45) is -3.50. The Kier molecular flexibility index (Phi) is 8.67. The SMILES string of the molecule is COCCNC(=O)C1(c2ccc(NS(=O)(=O)c3ccccc3C)cc2)CC1.O=C(O)C(F)(F)F. The van der Waals surface area contributed by atoms with E-state index in [9.17, 15) is 26.4 Å². The molecule has 1 fully saturated rings. The van der Waals surface area contributed by atoms with E-state index in [4.69, 9.17) is 14.6 Å². The maximum Gasteiger partial charge on any atom is 0.490 e. The number of nitrogens with one attached hydrogen (secondary N) is 2. The Balaban J connectivity index is 0.000000509. The highest BCUT2D eigenvalue weighted by Crippen LogP contribution is 2.48. The minimum Gasteiger partial charge on any atom is -0.475 e. The molecule has 1 aliphatic carbocycles. The molecule has 8 nitrogen and oxygen atoms in total. The Hall–Kier alpha value is -3.12. The number of sulfonamides is 1. The van der Waals surface area contributed by atoms with Gasteiger partial charge in [-0.05, 0) is 49.1 Å². The van der Waals surface area contributed by atoms with Crippen molar-refractivity contribution in [2.45, 2.75) is 36.3 Å². The third-order valence-corrected chi connectivity index (χ3v) is 6.63. The summed E-state index contributed by atoms with van der Waals surface area (Å²) in [5.41, 5.74) is 1.56. The predicted molar refractivity (Wildman–Crippen MR) is 118 cm³/mol. The Morgan fingerprint density at radius 1 is 1.09 bits per heavy atom. The maximum atomic E-state index is 12.6. The van der Waals surface area contributed by atoms with Crippen LogP contribution in [0.15, 0.2) is 53.4 Å². The van der Waals surface area contributed by atoms with Gasteiger partial charge in [-0.2, -0.15) is 13.2 Å². The van der Waals surface area contributed by atoms with Crippen LogP contribution in [0.25, 0.3) is 0 Å². The minimum atomic E-state index is -5.08. The maximum absolute atomic E-state index is 12.6. The van der Waals surface area contributed by atoms with Crippen molar-refractivity contribution in [2.24, 2.45) is 0 Å². The van der Waals surface area contributed by atoms with Crippen LogP contribution < -0.4 is 10.0 Å².